The third-order valence-electron chi connectivity index (χ3n) is 4.37. The largest absolute Gasteiger partial charge is 0.595 e. The summed E-state index contributed by atoms with van der Waals surface area (Å²) in [4.78, 5) is 10.6. The topological polar surface area (TPSA) is 97.1 Å². The van der Waals surface area contributed by atoms with Gasteiger partial charge in [-0.3, -0.25) is 4.79 Å². The van der Waals surface area contributed by atoms with Crippen LogP contribution in [0.1, 0.15) is 16.7 Å². The molecule has 0 fully saturated rings. The van der Waals surface area contributed by atoms with Crippen LogP contribution < -0.4 is 10.5 Å². The van der Waals surface area contributed by atoms with E-state index in [4.69, 9.17) is 0 Å². The Bertz CT molecular complexity index is 941. The zero-order valence-corrected chi connectivity index (χ0v) is 14.6. The summed E-state index contributed by atoms with van der Waals surface area (Å²) in [5.74, 6) is 0.0946. The number of nitrogens with one attached hydrogen (secondary N) is 2. The summed E-state index contributed by atoms with van der Waals surface area (Å²) in [6.07, 6.45) is 1.30. The molecular weight excluding hydrogens is 344 g/mol. The molecular formula is C21H20N2O4. The molecule has 0 radical (unpaired) electrons. The molecule has 3 rings (SSSR count). The zero-order valence-electron chi connectivity index (χ0n) is 14.6. The molecule has 0 aliphatic rings. The molecule has 0 aliphatic carbocycles. The molecule has 1 atom stereocenters. The van der Waals surface area contributed by atoms with Crippen molar-refractivity contribution in [3.05, 3.63) is 88.6 Å². The third-order valence-corrected chi connectivity index (χ3v) is 4.37. The Kier molecular flexibility index (Phi) is 5.83. The van der Waals surface area contributed by atoms with E-state index in [9.17, 15) is 20.3 Å². The number of hydrogen-bond acceptors (Lipinski definition) is 4. The molecule has 0 aromatic heterocycles. The monoisotopic (exact) mass is 364 g/mol. The summed E-state index contributed by atoms with van der Waals surface area (Å²) in [5.41, 5.74) is 4.46. The second-order valence-electron chi connectivity index (χ2n) is 6.18. The van der Waals surface area contributed by atoms with Gasteiger partial charge in [-0.05, 0) is 40.8 Å². The summed E-state index contributed by atoms with van der Waals surface area (Å²) < 4.78 is 0. The predicted molar refractivity (Wildman–Crippen MR) is 101 cm³/mol. The molecule has 0 heterocycles. The highest BCUT2D eigenvalue weighted by Gasteiger charge is 2.10. The van der Waals surface area contributed by atoms with Gasteiger partial charge in [0.15, 0.2) is 5.69 Å². The Balaban J connectivity index is 1.93. The zero-order chi connectivity index (χ0) is 19.2. The lowest BCUT2D eigenvalue weighted by Gasteiger charge is -2.14. The Labute approximate surface area is 156 Å². The number of amides is 1. The average Bonchev–Trinajstić information content (AvgIpc) is 2.69. The van der Waals surface area contributed by atoms with E-state index in [2.05, 4.69) is 5.32 Å². The molecule has 3 aromatic rings. The fourth-order valence-corrected chi connectivity index (χ4v) is 3.02. The van der Waals surface area contributed by atoms with Crippen molar-refractivity contribution in [2.24, 2.45) is 0 Å². The number of phenols is 1. The molecule has 0 bridgehead atoms. The minimum Gasteiger partial charge on any atom is -0.595 e. The van der Waals surface area contributed by atoms with Gasteiger partial charge in [0, 0.05) is 24.2 Å². The summed E-state index contributed by atoms with van der Waals surface area (Å²) >= 11 is 0. The second-order valence-corrected chi connectivity index (χ2v) is 6.18. The SMILES string of the molecule is O=CNCc1ccccc1Cc1ccc(O)c(-c2cccc([NH+]([O-])O)c2)c1. The minimum atomic E-state index is -1.01. The predicted octanol–water partition coefficient (Wildman–Crippen LogP) is 2.30. The van der Waals surface area contributed by atoms with E-state index in [0.29, 0.717) is 30.5 Å². The second kappa shape index (κ2) is 8.46. The van der Waals surface area contributed by atoms with Gasteiger partial charge < -0.3 is 15.6 Å². The molecule has 3 aromatic carbocycles. The van der Waals surface area contributed by atoms with Gasteiger partial charge in [-0.25, -0.2) is 5.21 Å². The number of aromatic hydroxyl groups is 1. The van der Waals surface area contributed by atoms with Gasteiger partial charge in [-0.1, -0.05) is 42.5 Å². The van der Waals surface area contributed by atoms with Crippen LogP contribution in [0.15, 0.2) is 66.7 Å². The van der Waals surface area contributed by atoms with Crippen molar-refractivity contribution in [1.82, 2.24) is 5.32 Å². The van der Waals surface area contributed by atoms with Crippen LogP contribution in [0.3, 0.4) is 0 Å². The molecule has 27 heavy (non-hydrogen) atoms. The first kappa shape index (κ1) is 18.6. The maximum absolute atomic E-state index is 11.2. The lowest BCUT2D eigenvalue weighted by molar-refractivity contribution is -0.991. The molecule has 4 N–H and O–H groups in total. The maximum atomic E-state index is 11.2. The highest BCUT2D eigenvalue weighted by atomic mass is 16.8. The van der Waals surface area contributed by atoms with E-state index in [-0.39, 0.29) is 11.4 Å². The van der Waals surface area contributed by atoms with Crippen LogP contribution >= 0.6 is 0 Å². The number of phenolic OH excluding ortho intramolecular Hbond substituents is 1. The van der Waals surface area contributed by atoms with E-state index in [0.717, 1.165) is 16.7 Å². The number of rotatable bonds is 7. The van der Waals surface area contributed by atoms with Gasteiger partial charge in [0.05, 0.1) is 0 Å². The number of carbonyl (C=O) groups excluding carboxylic acids is 1. The third kappa shape index (κ3) is 4.51. The van der Waals surface area contributed by atoms with Gasteiger partial charge in [-0.2, -0.15) is 5.23 Å². The Hall–Kier alpha value is -3.19. The standard InChI is InChI=1S/C21H20N2O4/c24-14-22-13-18-5-2-1-4-16(18)10-15-8-9-21(25)20(11-15)17-6-3-7-19(12-17)23(26)27/h1-9,11-12,14,23,25-26H,10,13H2,(H,22,24). The van der Waals surface area contributed by atoms with E-state index in [1.165, 1.54) is 6.07 Å². The molecule has 6 heteroatoms. The minimum absolute atomic E-state index is 0.0946. The first-order valence-electron chi connectivity index (χ1n) is 8.48. The van der Waals surface area contributed by atoms with E-state index in [1.54, 1.807) is 24.3 Å². The van der Waals surface area contributed by atoms with Crippen LogP contribution in [0.5, 0.6) is 5.75 Å². The quantitative estimate of drug-likeness (QED) is 0.382. The van der Waals surface area contributed by atoms with Crippen LogP contribution in [0.25, 0.3) is 11.1 Å². The molecule has 6 nitrogen and oxygen atoms in total. The number of carbonyl (C=O) groups is 1. The van der Waals surface area contributed by atoms with Gasteiger partial charge in [0.2, 0.25) is 6.41 Å². The highest BCUT2D eigenvalue weighted by Crippen LogP contribution is 2.31. The maximum Gasteiger partial charge on any atom is 0.207 e. The summed E-state index contributed by atoms with van der Waals surface area (Å²) in [6, 6.07) is 19.6. The first-order valence-corrected chi connectivity index (χ1v) is 8.48. The van der Waals surface area contributed by atoms with Gasteiger partial charge in [0.1, 0.15) is 5.75 Å². The van der Waals surface area contributed by atoms with Crippen molar-refractivity contribution in [3.8, 4) is 16.9 Å². The molecule has 0 spiro atoms. The van der Waals surface area contributed by atoms with Crippen LogP contribution in [-0.4, -0.2) is 16.7 Å². The normalized spacial score (nSPS) is 11.8. The molecule has 0 saturated heterocycles. The van der Waals surface area contributed by atoms with Gasteiger partial charge in [0.25, 0.3) is 0 Å². The molecule has 0 aliphatic heterocycles. The smallest absolute Gasteiger partial charge is 0.207 e. The number of benzene rings is 3. The van der Waals surface area contributed by atoms with Crippen molar-refractivity contribution in [2.75, 3.05) is 0 Å². The van der Waals surface area contributed by atoms with Crippen molar-refractivity contribution in [1.29, 1.82) is 0 Å². The average molecular weight is 364 g/mol. The lowest BCUT2D eigenvalue weighted by atomic mass is 9.96. The molecule has 1 amide bonds. The summed E-state index contributed by atoms with van der Waals surface area (Å²) in [5, 5.41) is 32.3. The lowest BCUT2D eigenvalue weighted by Crippen LogP contribution is -2.99. The summed E-state index contributed by atoms with van der Waals surface area (Å²) in [7, 11) is 0. The molecule has 1 unspecified atom stereocenters. The number of quaternary nitrogens is 1. The summed E-state index contributed by atoms with van der Waals surface area (Å²) in [6.45, 7) is 0.450. The fourth-order valence-electron chi connectivity index (χ4n) is 3.02. The van der Waals surface area contributed by atoms with Crippen molar-refractivity contribution in [3.63, 3.8) is 0 Å². The highest BCUT2D eigenvalue weighted by molar-refractivity contribution is 5.72. The van der Waals surface area contributed by atoms with Crippen LogP contribution in [0, 0.1) is 5.21 Å². The van der Waals surface area contributed by atoms with Gasteiger partial charge >= 0.3 is 0 Å². The first-order chi connectivity index (χ1) is 13.1. The van der Waals surface area contributed by atoms with Crippen molar-refractivity contribution >= 4 is 12.1 Å². The molecule has 0 saturated carbocycles. The van der Waals surface area contributed by atoms with E-state index in [1.807, 2.05) is 36.4 Å². The fraction of sp³-hybridized carbons (Fsp3) is 0.0952. The van der Waals surface area contributed by atoms with E-state index < -0.39 is 5.23 Å². The van der Waals surface area contributed by atoms with Crippen molar-refractivity contribution < 1.29 is 20.3 Å². The van der Waals surface area contributed by atoms with Crippen LogP contribution in [-0.2, 0) is 17.8 Å². The van der Waals surface area contributed by atoms with Crippen LogP contribution in [0.4, 0.5) is 5.69 Å². The van der Waals surface area contributed by atoms with E-state index >= 15 is 0 Å². The Morgan fingerprint density at radius 2 is 1.78 bits per heavy atom. The van der Waals surface area contributed by atoms with Gasteiger partial charge in [-0.15, -0.1) is 0 Å². The Morgan fingerprint density at radius 3 is 2.52 bits per heavy atom. The molecule has 138 valence electrons. The Morgan fingerprint density at radius 1 is 1.00 bits per heavy atom. The van der Waals surface area contributed by atoms with Crippen LogP contribution in [0.2, 0.25) is 0 Å². The van der Waals surface area contributed by atoms with Crippen molar-refractivity contribution in [2.45, 2.75) is 13.0 Å². The number of hydrogen-bond donors (Lipinski definition) is 4.